The molecule has 0 saturated carbocycles. The Bertz CT molecular complexity index is 323. The second-order valence-corrected chi connectivity index (χ2v) is 4.60. The van der Waals surface area contributed by atoms with Crippen LogP contribution in [0.25, 0.3) is 0 Å². The Morgan fingerprint density at radius 3 is 2.72 bits per heavy atom. The Kier molecular flexibility index (Phi) is 7.69. The maximum absolute atomic E-state index is 5.51. The molecule has 0 fully saturated rings. The third kappa shape index (κ3) is 5.65. The highest BCUT2D eigenvalue weighted by atomic mass is 16.5. The first-order valence-electron chi connectivity index (χ1n) is 7.08. The fourth-order valence-corrected chi connectivity index (χ4v) is 1.77. The molecule has 1 aromatic heterocycles. The Morgan fingerprint density at radius 2 is 2.06 bits per heavy atom. The van der Waals surface area contributed by atoms with Gasteiger partial charge in [-0.05, 0) is 31.9 Å². The van der Waals surface area contributed by atoms with E-state index in [-0.39, 0.29) is 0 Å². The summed E-state index contributed by atoms with van der Waals surface area (Å²) in [5, 5.41) is 7.86. The van der Waals surface area contributed by atoms with E-state index in [2.05, 4.69) is 30.3 Å². The van der Waals surface area contributed by atoms with Gasteiger partial charge in [-0.3, -0.25) is 4.68 Å². The van der Waals surface area contributed by atoms with Crippen LogP contribution in [0.2, 0.25) is 0 Å². The number of aryl methyl sites for hydroxylation is 2. The van der Waals surface area contributed by atoms with Crippen molar-refractivity contribution >= 4 is 0 Å². The van der Waals surface area contributed by atoms with Gasteiger partial charge in [-0.25, -0.2) is 0 Å². The Morgan fingerprint density at radius 1 is 1.28 bits per heavy atom. The van der Waals surface area contributed by atoms with Crippen molar-refractivity contribution in [3.05, 3.63) is 17.5 Å². The first-order chi connectivity index (χ1) is 8.77. The van der Waals surface area contributed by atoms with E-state index in [9.17, 15) is 0 Å². The van der Waals surface area contributed by atoms with Gasteiger partial charge in [0.1, 0.15) is 0 Å². The van der Waals surface area contributed by atoms with E-state index in [1.54, 1.807) is 0 Å². The first kappa shape index (κ1) is 15.2. The molecule has 104 valence electrons. The Labute approximate surface area is 111 Å². The van der Waals surface area contributed by atoms with Gasteiger partial charge in [-0.2, -0.15) is 5.10 Å². The highest BCUT2D eigenvalue weighted by Crippen LogP contribution is 2.03. The minimum absolute atomic E-state index is 0.860. The van der Waals surface area contributed by atoms with Crippen LogP contribution in [-0.4, -0.2) is 29.5 Å². The van der Waals surface area contributed by atoms with Crippen LogP contribution >= 0.6 is 0 Å². The van der Waals surface area contributed by atoms with Crippen LogP contribution in [0.5, 0.6) is 0 Å². The second kappa shape index (κ2) is 9.11. The zero-order valence-corrected chi connectivity index (χ0v) is 12.0. The zero-order valence-electron chi connectivity index (χ0n) is 12.0. The average molecular weight is 253 g/mol. The minimum atomic E-state index is 0.860. The summed E-state index contributed by atoms with van der Waals surface area (Å²) in [4.78, 5) is 0. The fourth-order valence-electron chi connectivity index (χ4n) is 1.77. The lowest BCUT2D eigenvalue weighted by Crippen LogP contribution is -2.18. The van der Waals surface area contributed by atoms with E-state index in [1.807, 2.05) is 11.7 Å². The number of nitrogens with zero attached hydrogens (tertiary/aromatic N) is 2. The normalized spacial score (nSPS) is 11.1. The van der Waals surface area contributed by atoms with Crippen LogP contribution in [0.4, 0.5) is 0 Å². The molecule has 0 aromatic carbocycles. The van der Waals surface area contributed by atoms with E-state index in [4.69, 9.17) is 4.74 Å². The highest BCUT2D eigenvalue weighted by Gasteiger charge is 2.02. The summed E-state index contributed by atoms with van der Waals surface area (Å²) >= 11 is 0. The summed E-state index contributed by atoms with van der Waals surface area (Å²) < 4.78 is 7.48. The monoisotopic (exact) mass is 253 g/mol. The summed E-state index contributed by atoms with van der Waals surface area (Å²) in [6, 6.07) is 2.17. The van der Waals surface area contributed by atoms with Crippen LogP contribution in [0.3, 0.4) is 0 Å². The molecule has 0 unspecified atom stereocenters. The van der Waals surface area contributed by atoms with Crippen molar-refractivity contribution < 1.29 is 4.74 Å². The number of hydrogen-bond donors (Lipinski definition) is 1. The molecule has 0 radical (unpaired) electrons. The van der Waals surface area contributed by atoms with Crippen LogP contribution in [0.15, 0.2) is 6.07 Å². The van der Waals surface area contributed by atoms with Gasteiger partial charge < -0.3 is 10.1 Å². The summed E-state index contributed by atoms with van der Waals surface area (Å²) in [7, 11) is 2.00. The van der Waals surface area contributed by atoms with Crippen molar-refractivity contribution in [2.24, 2.45) is 7.05 Å². The first-order valence-corrected chi connectivity index (χ1v) is 7.08. The van der Waals surface area contributed by atoms with Gasteiger partial charge in [0.15, 0.2) is 0 Å². The molecule has 0 saturated heterocycles. The van der Waals surface area contributed by atoms with Gasteiger partial charge in [0.05, 0.1) is 11.4 Å². The third-order valence-electron chi connectivity index (χ3n) is 2.98. The van der Waals surface area contributed by atoms with E-state index in [0.29, 0.717) is 0 Å². The maximum atomic E-state index is 5.51. The molecule has 0 bridgehead atoms. The number of hydrogen-bond acceptors (Lipinski definition) is 3. The van der Waals surface area contributed by atoms with Crippen molar-refractivity contribution in [3.8, 4) is 0 Å². The summed E-state index contributed by atoms with van der Waals surface area (Å²) in [6.07, 6.45) is 4.45. The number of aromatic nitrogens is 2. The van der Waals surface area contributed by atoms with Crippen molar-refractivity contribution in [2.45, 2.75) is 46.1 Å². The van der Waals surface area contributed by atoms with Gasteiger partial charge >= 0.3 is 0 Å². The molecule has 4 heteroatoms. The van der Waals surface area contributed by atoms with E-state index < -0.39 is 0 Å². The fraction of sp³-hybridized carbons (Fsp3) is 0.786. The van der Waals surface area contributed by atoms with Crippen LogP contribution in [-0.2, 0) is 24.8 Å². The predicted molar refractivity (Wildman–Crippen MR) is 74.6 cm³/mol. The van der Waals surface area contributed by atoms with E-state index >= 15 is 0 Å². The topological polar surface area (TPSA) is 39.1 Å². The van der Waals surface area contributed by atoms with Crippen LogP contribution < -0.4 is 5.32 Å². The summed E-state index contributed by atoms with van der Waals surface area (Å²) in [5.74, 6) is 0. The SMILES string of the molecule is CCCCOCCCNCc1cc(CC)nn1C. The van der Waals surface area contributed by atoms with Crippen LogP contribution in [0.1, 0.15) is 44.5 Å². The highest BCUT2D eigenvalue weighted by molar-refractivity contribution is 5.09. The molecule has 0 amide bonds. The molecule has 1 heterocycles. The molecule has 1 aromatic rings. The van der Waals surface area contributed by atoms with Gasteiger partial charge in [0, 0.05) is 26.8 Å². The minimum Gasteiger partial charge on any atom is -0.381 e. The molecule has 0 aliphatic carbocycles. The lowest BCUT2D eigenvalue weighted by Gasteiger charge is -2.05. The van der Waals surface area contributed by atoms with Crippen molar-refractivity contribution in [2.75, 3.05) is 19.8 Å². The molecule has 4 nitrogen and oxygen atoms in total. The number of unbranched alkanes of at least 4 members (excludes halogenated alkanes) is 1. The summed E-state index contributed by atoms with van der Waals surface area (Å²) in [5.41, 5.74) is 2.41. The van der Waals surface area contributed by atoms with Gasteiger partial charge in [-0.1, -0.05) is 20.3 Å². The van der Waals surface area contributed by atoms with E-state index in [1.165, 1.54) is 18.5 Å². The molecule has 18 heavy (non-hydrogen) atoms. The summed E-state index contributed by atoms with van der Waals surface area (Å²) in [6.45, 7) is 7.96. The molecule has 0 aliphatic rings. The van der Waals surface area contributed by atoms with Crippen molar-refractivity contribution in [3.63, 3.8) is 0 Å². The maximum Gasteiger partial charge on any atom is 0.0625 e. The molecular formula is C14H27N3O. The predicted octanol–water partition coefficient (Wildman–Crippen LogP) is 2.28. The lowest BCUT2D eigenvalue weighted by atomic mass is 10.3. The van der Waals surface area contributed by atoms with Crippen molar-refractivity contribution in [1.82, 2.24) is 15.1 Å². The number of ether oxygens (including phenoxy) is 1. The quantitative estimate of drug-likeness (QED) is 0.650. The molecule has 0 aliphatic heterocycles. The molecule has 0 spiro atoms. The van der Waals surface area contributed by atoms with Gasteiger partial charge in [0.2, 0.25) is 0 Å². The van der Waals surface area contributed by atoms with Crippen molar-refractivity contribution in [1.29, 1.82) is 0 Å². The third-order valence-corrected chi connectivity index (χ3v) is 2.98. The Balaban J connectivity index is 2.05. The lowest BCUT2D eigenvalue weighted by molar-refractivity contribution is 0.128. The largest absolute Gasteiger partial charge is 0.381 e. The molecule has 1 N–H and O–H groups in total. The van der Waals surface area contributed by atoms with Gasteiger partial charge in [0.25, 0.3) is 0 Å². The smallest absolute Gasteiger partial charge is 0.0625 e. The standard InChI is InChI=1S/C14H27N3O/c1-4-6-9-18-10-7-8-15-12-14-11-13(5-2)16-17(14)3/h11,15H,4-10,12H2,1-3H3. The van der Waals surface area contributed by atoms with Gasteiger partial charge in [-0.15, -0.1) is 0 Å². The zero-order chi connectivity index (χ0) is 13.2. The average Bonchev–Trinajstić information content (AvgIpc) is 2.73. The van der Waals surface area contributed by atoms with E-state index in [0.717, 1.165) is 44.8 Å². The Hall–Kier alpha value is -0.870. The second-order valence-electron chi connectivity index (χ2n) is 4.60. The number of nitrogens with one attached hydrogen (secondary N) is 1. The molecule has 1 rings (SSSR count). The van der Waals surface area contributed by atoms with Crippen LogP contribution in [0, 0.1) is 0 Å². The molecule has 0 atom stereocenters. The molecular weight excluding hydrogens is 226 g/mol. The number of rotatable bonds is 10.